The van der Waals surface area contributed by atoms with Crippen molar-refractivity contribution in [1.29, 1.82) is 0 Å². The van der Waals surface area contributed by atoms with E-state index in [1.54, 1.807) is 62.4 Å². The van der Waals surface area contributed by atoms with Crippen molar-refractivity contribution in [2.45, 2.75) is 118 Å². The molecule has 2 heterocycles. The molecule has 73 heavy (non-hydrogen) atoms. The summed E-state index contributed by atoms with van der Waals surface area (Å²) in [5.74, 6) is -0.705. The first-order valence-electron chi connectivity index (χ1n) is 23.7. The van der Waals surface area contributed by atoms with Gasteiger partial charge in [0, 0.05) is 56.4 Å². The van der Waals surface area contributed by atoms with E-state index in [9.17, 15) is 48.5 Å². The van der Waals surface area contributed by atoms with Gasteiger partial charge in [0.2, 0.25) is 0 Å². The molecule has 6 N–H and O–H groups in total. The van der Waals surface area contributed by atoms with Gasteiger partial charge in [-0.3, -0.25) is 19.6 Å². The average Bonchev–Trinajstić information content (AvgIpc) is 3.73. The van der Waals surface area contributed by atoms with E-state index in [4.69, 9.17) is 18.5 Å². The highest BCUT2D eigenvalue weighted by Gasteiger charge is 2.52. The Morgan fingerprint density at radius 1 is 0.438 bits per heavy atom. The number of benzene rings is 6. The summed E-state index contributed by atoms with van der Waals surface area (Å²) >= 11 is 0. The Morgan fingerprint density at radius 3 is 1.00 bits per heavy atom. The molecule has 0 saturated heterocycles. The van der Waals surface area contributed by atoms with Crippen LogP contribution < -0.4 is 9.05 Å². The first kappa shape index (κ1) is 56.8. The molecule has 8 rings (SSSR count). The second kappa shape index (κ2) is 21.0. The number of cyclic esters (lactones) is 2. The molecule has 0 aromatic heterocycles. The highest BCUT2D eigenvalue weighted by molar-refractivity contribution is 7.47. The summed E-state index contributed by atoms with van der Waals surface area (Å²) < 4.78 is 46.0. The number of aryl methyl sites for hydroxylation is 4. The van der Waals surface area contributed by atoms with Gasteiger partial charge in [0.05, 0.1) is 11.1 Å². The predicted octanol–water partition coefficient (Wildman–Crippen LogP) is 12.0. The lowest BCUT2D eigenvalue weighted by Crippen LogP contribution is -2.32. The summed E-state index contributed by atoms with van der Waals surface area (Å²) in [4.78, 5) is 64.4. The van der Waals surface area contributed by atoms with E-state index < -0.39 is 38.8 Å². The number of esters is 2. The number of phosphoric acid groups is 2. The largest absolute Gasteiger partial charge is 0.524 e. The summed E-state index contributed by atoms with van der Waals surface area (Å²) in [5, 5.41) is 21.3. The fourth-order valence-electron chi connectivity index (χ4n) is 10.1. The Kier molecular flexibility index (Phi) is 16.4. The maximum Gasteiger partial charge on any atom is 0.524 e. The van der Waals surface area contributed by atoms with Crippen molar-refractivity contribution < 1.29 is 67.0 Å². The number of ether oxygens (including phenoxy) is 2. The summed E-state index contributed by atoms with van der Waals surface area (Å²) in [7, 11) is -9.59. The van der Waals surface area contributed by atoms with Crippen LogP contribution in [0.5, 0.6) is 23.0 Å². The van der Waals surface area contributed by atoms with Gasteiger partial charge in [-0.1, -0.05) is 91.8 Å². The molecule has 14 nitrogen and oxygen atoms in total. The molecule has 2 aliphatic rings. The van der Waals surface area contributed by atoms with Crippen LogP contribution in [0.15, 0.2) is 97.1 Å². The molecule has 6 aromatic carbocycles. The number of phenols is 2. The minimum atomic E-state index is -4.80. The minimum Gasteiger partial charge on any atom is -0.508 e. The molecule has 0 amide bonds. The van der Waals surface area contributed by atoms with Crippen molar-refractivity contribution in [2.75, 3.05) is 0 Å². The highest BCUT2D eigenvalue weighted by Crippen LogP contribution is 2.55. The topological polar surface area (TPSA) is 227 Å². The molecule has 2 atom stereocenters. The van der Waals surface area contributed by atoms with E-state index in [1.807, 2.05) is 118 Å². The second-order valence-corrected chi connectivity index (χ2v) is 22.2. The third kappa shape index (κ3) is 10.7. The number of hydrogen-bond donors (Lipinski definition) is 6. The van der Waals surface area contributed by atoms with Crippen molar-refractivity contribution in [3.05, 3.63) is 186 Å². The fourth-order valence-corrected chi connectivity index (χ4v) is 10.9. The molecule has 2 unspecified atom stereocenters. The fraction of sp³-hybridized carbons (Fsp3) is 0.321. The zero-order valence-electron chi connectivity index (χ0n) is 43.1. The number of carbonyl (C=O) groups excluding carboxylic acids is 2. The molecule has 0 bridgehead atoms. The molecule has 17 heteroatoms. The normalized spacial score (nSPS) is 17.2. The standard InChI is InChI=1S/2C28H31O7P.Mg/c2*1-15(2)20-13-23(17(5)11-25(20)29)28(22-10-8-7-9-19(22)27(30)34-28)24-14-21(16(3)4)26(12-18(24)6)35-36(31,32)33;/h2*7-16,29H,1-6H3,(H2,31,32,33);. The van der Waals surface area contributed by atoms with Crippen LogP contribution in [-0.4, -0.2) is 64.8 Å². The number of aromatic hydroxyl groups is 2. The highest BCUT2D eigenvalue weighted by atomic mass is 31.2. The van der Waals surface area contributed by atoms with Crippen molar-refractivity contribution in [3.8, 4) is 23.0 Å². The molecule has 0 aliphatic carbocycles. The first-order chi connectivity index (χ1) is 33.5. The summed E-state index contributed by atoms with van der Waals surface area (Å²) in [5.41, 5.74) is 7.61. The number of hydrogen-bond acceptors (Lipinski definition) is 10. The Bertz CT molecular complexity index is 3030. The molecule has 2 radical (unpaired) electrons. The number of fused-ring (bicyclic) bond motifs is 2. The van der Waals surface area contributed by atoms with E-state index >= 15 is 0 Å². The third-order valence-electron chi connectivity index (χ3n) is 13.4. The van der Waals surface area contributed by atoms with E-state index in [2.05, 4.69) is 0 Å². The lowest BCUT2D eigenvalue weighted by molar-refractivity contribution is 0.0238. The number of phenolic OH excluding ortho intramolecular Hbond substituents is 2. The van der Waals surface area contributed by atoms with E-state index in [0.29, 0.717) is 66.8 Å². The van der Waals surface area contributed by atoms with Crippen molar-refractivity contribution in [2.24, 2.45) is 0 Å². The van der Waals surface area contributed by atoms with Crippen LogP contribution in [-0.2, 0) is 29.8 Å². The summed E-state index contributed by atoms with van der Waals surface area (Å²) in [6.45, 7) is 22.8. The van der Waals surface area contributed by atoms with Crippen LogP contribution in [0.1, 0.15) is 178 Å². The minimum absolute atomic E-state index is 0. The van der Waals surface area contributed by atoms with Gasteiger partial charge in [0.25, 0.3) is 0 Å². The lowest BCUT2D eigenvalue weighted by atomic mass is 9.74. The van der Waals surface area contributed by atoms with Crippen LogP contribution in [0, 0.1) is 27.7 Å². The maximum atomic E-state index is 13.2. The first-order valence-corrected chi connectivity index (χ1v) is 26.7. The quantitative estimate of drug-likeness (QED) is 0.0381. The molecule has 6 aromatic rings. The maximum absolute atomic E-state index is 13.2. The van der Waals surface area contributed by atoms with Gasteiger partial charge in [-0.2, -0.15) is 0 Å². The van der Waals surface area contributed by atoms with Crippen LogP contribution in [0.2, 0.25) is 0 Å². The van der Waals surface area contributed by atoms with Crippen LogP contribution >= 0.6 is 15.6 Å². The van der Waals surface area contributed by atoms with E-state index in [1.165, 1.54) is 0 Å². The number of phosphoric ester groups is 2. The van der Waals surface area contributed by atoms with E-state index in [0.717, 1.165) is 22.3 Å². The van der Waals surface area contributed by atoms with Gasteiger partial charge in [-0.15, -0.1) is 0 Å². The monoisotopic (exact) mass is 1040 g/mol. The average molecular weight is 1050 g/mol. The number of rotatable bonds is 12. The van der Waals surface area contributed by atoms with Crippen molar-refractivity contribution in [1.82, 2.24) is 0 Å². The zero-order chi connectivity index (χ0) is 53.2. The Morgan fingerprint density at radius 2 is 0.712 bits per heavy atom. The second-order valence-electron chi connectivity index (χ2n) is 19.9. The lowest BCUT2D eigenvalue weighted by Gasteiger charge is -2.34. The molecular weight excluding hydrogens is 983 g/mol. The molecular formula is C56H62MgO14P2. The smallest absolute Gasteiger partial charge is 0.508 e. The van der Waals surface area contributed by atoms with Gasteiger partial charge < -0.3 is 28.7 Å². The predicted molar refractivity (Wildman–Crippen MR) is 279 cm³/mol. The molecule has 0 saturated carbocycles. The van der Waals surface area contributed by atoms with Crippen LogP contribution in [0.25, 0.3) is 0 Å². The Labute approximate surface area is 442 Å². The summed E-state index contributed by atoms with van der Waals surface area (Å²) in [6.07, 6.45) is 0. The Balaban J connectivity index is 0.000000235. The SMILES string of the molecule is Cc1cc(O)c(C(C)C)cc1C1(c2cc(C(C)C)c(OP(=O)(O)O)cc2C)OC(=O)c2ccccc21.Cc1cc(O)c(C(C)C)cc1C1(c2cc(C(C)C)c(OP(=O)(O)O)cc2C)OC(=O)c2ccccc21.[Mg]. The molecule has 2 aliphatic heterocycles. The molecule has 0 fully saturated rings. The van der Waals surface area contributed by atoms with Gasteiger partial charge in [-0.25, -0.2) is 18.7 Å². The van der Waals surface area contributed by atoms with E-state index in [-0.39, 0.29) is 69.7 Å². The van der Waals surface area contributed by atoms with Crippen LogP contribution in [0.4, 0.5) is 0 Å². The van der Waals surface area contributed by atoms with Gasteiger partial charge in [0.15, 0.2) is 11.2 Å². The summed E-state index contributed by atoms with van der Waals surface area (Å²) in [6, 6.07) is 28.3. The third-order valence-corrected chi connectivity index (χ3v) is 14.3. The molecule has 0 spiro atoms. The number of carbonyl (C=O) groups is 2. The van der Waals surface area contributed by atoms with Gasteiger partial charge in [0.1, 0.15) is 23.0 Å². The zero-order valence-corrected chi connectivity index (χ0v) is 46.3. The van der Waals surface area contributed by atoms with Crippen molar-refractivity contribution in [3.63, 3.8) is 0 Å². The van der Waals surface area contributed by atoms with Gasteiger partial charge in [-0.05, 0) is 157 Å². The molecule has 382 valence electrons. The van der Waals surface area contributed by atoms with Crippen molar-refractivity contribution >= 4 is 50.6 Å². The van der Waals surface area contributed by atoms with Gasteiger partial charge >= 0.3 is 27.6 Å². The van der Waals surface area contributed by atoms with Crippen LogP contribution in [0.3, 0.4) is 0 Å². The Hall–Kier alpha value is -5.47.